The topological polar surface area (TPSA) is 49.5 Å². The van der Waals surface area contributed by atoms with Crippen LogP contribution >= 0.6 is 23.2 Å². The first-order valence-electron chi connectivity index (χ1n) is 6.11. The van der Waals surface area contributed by atoms with E-state index >= 15 is 0 Å². The molecule has 18 heavy (non-hydrogen) atoms. The monoisotopic (exact) mass is 288 g/mol. The Kier molecular flexibility index (Phi) is 3.95. The molecule has 1 aromatic rings. The van der Waals surface area contributed by atoms with Crippen LogP contribution in [0.25, 0.3) is 0 Å². The minimum atomic E-state index is -0.584. The molecule has 5 heteroatoms. The highest BCUT2D eigenvalue weighted by molar-refractivity contribution is 6.42. The van der Waals surface area contributed by atoms with E-state index < -0.39 is 5.60 Å². The molecule has 1 aromatic carbocycles. The Morgan fingerprint density at radius 2 is 1.89 bits per heavy atom. The Morgan fingerprint density at radius 3 is 2.61 bits per heavy atom. The van der Waals surface area contributed by atoms with Gasteiger partial charge in [-0.05, 0) is 38.3 Å². The number of hydrogen-bond acceptors (Lipinski definition) is 3. The van der Waals surface area contributed by atoms with E-state index in [1.807, 2.05) is 6.92 Å². The van der Waals surface area contributed by atoms with E-state index in [9.17, 15) is 5.11 Å². The highest BCUT2D eigenvalue weighted by atomic mass is 35.5. The molecule has 3 N–H and O–H groups in total. The highest BCUT2D eigenvalue weighted by Gasteiger charge is 2.25. The van der Waals surface area contributed by atoms with Gasteiger partial charge in [0.05, 0.1) is 27.0 Å². The quantitative estimate of drug-likeness (QED) is 0.780. The SMILES string of the molecule is CC1(O)CCCN(c2cc(Cl)c(Cl)cc2N)CC1. The van der Waals surface area contributed by atoms with Crippen LogP contribution in [0.1, 0.15) is 26.2 Å². The summed E-state index contributed by atoms with van der Waals surface area (Å²) < 4.78 is 0. The van der Waals surface area contributed by atoms with Crippen molar-refractivity contribution in [1.82, 2.24) is 0 Å². The summed E-state index contributed by atoms with van der Waals surface area (Å²) in [4.78, 5) is 2.17. The molecule has 1 atom stereocenters. The fourth-order valence-corrected chi connectivity index (χ4v) is 2.66. The van der Waals surface area contributed by atoms with Gasteiger partial charge in [-0.3, -0.25) is 0 Å². The predicted molar refractivity (Wildman–Crippen MR) is 77.6 cm³/mol. The molecule has 0 saturated carbocycles. The zero-order valence-corrected chi connectivity index (χ0v) is 11.9. The Hall–Kier alpha value is -0.640. The number of nitrogen functional groups attached to an aromatic ring is 1. The molecular formula is C13H18Cl2N2O. The van der Waals surface area contributed by atoms with Gasteiger partial charge in [-0.25, -0.2) is 0 Å². The number of nitrogens with two attached hydrogens (primary N) is 1. The Bertz CT molecular complexity index is 449. The van der Waals surface area contributed by atoms with Gasteiger partial charge in [-0.1, -0.05) is 23.2 Å². The number of nitrogens with zero attached hydrogens (tertiary/aromatic N) is 1. The van der Waals surface area contributed by atoms with Crippen molar-refractivity contribution in [1.29, 1.82) is 0 Å². The molecule has 0 bridgehead atoms. The summed E-state index contributed by atoms with van der Waals surface area (Å²) >= 11 is 12.0. The molecule has 0 radical (unpaired) electrons. The second kappa shape index (κ2) is 5.16. The van der Waals surface area contributed by atoms with Crippen LogP contribution in [0.15, 0.2) is 12.1 Å². The normalized spacial score (nSPS) is 25.0. The molecule has 0 aliphatic carbocycles. The standard InChI is InChI=1S/C13H18Cl2N2O/c1-13(18)3-2-5-17(6-4-13)12-8-10(15)9(14)7-11(12)16/h7-8,18H,2-6,16H2,1H3. The Balaban J connectivity index is 2.24. The maximum Gasteiger partial charge on any atom is 0.0637 e. The van der Waals surface area contributed by atoms with Crippen molar-refractivity contribution in [3.8, 4) is 0 Å². The molecule has 1 fully saturated rings. The third kappa shape index (κ3) is 3.02. The Morgan fingerprint density at radius 1 is 1.22 bits per heavy atom. The van der Waals surface area contributed by atoms with E-state index in [2.05, 4.69) is 4.90 Å². The molecule has 1 unspecified atom stereocenters. The van der Waals surface area contributed by atoms with Crippen LogP contribution in [-0.4, -0.2) is 23.8 Å². The summed E-state index contributed by atoms with van der Waals surface area (Å²) in [5.74, 6) is 0. The summed E-state index contributed by atoms with van der Waals surface area (Å²) in [7, 11) is 0. The van der Waals surface area contributed by atoms with Crippen molar-refractivity contribution in [2.45, 2.75) is 31.8 Å². The maximum absolute atomic E-state index is 10.1. The molecule has 1 aliphatic rings. The molecule has 1 aliphatic heterocycles. The van der Waals surface area contributed by atoms with Crippen molar-refractivity contribution in [3.05, 3.63) is 22.2 Å². The summed E-state index contributed by atoms with van der Waals surface area (Å²) in [6.45, 7) is 3.53. The average molecular weight is 289 g/mol. The second-order valence-electron chi connectivity index (χ2n) is 5.16. The lowest BCUT2D eigenvalue weighted by Gasteiger charge is -2.25. The zero-order valence-electron chi connectivity index (χ0n) is 10.4. The molecule has 1 heterocycles. The highest BCUT2D eigenvalue weighted by Crippen LogP contribution is 2.35. The molecule has 0 amide bonds. The first-order chi connectivity index (χ1) is 8.39. The third-order valence-corrected chi connectivity index (χ3v) is 4.20. The van der Waals surface area contributed by atoms with Gasteiger partial charge in [0.15, 0.2) is 0 Å². The first kappa shape index (κ1) is 13.8. The lowest BCUT2D eigenvalue weighted by molar-refractivity contribution is 0.0481. The molecular weight excluding hydrogens is 271 g/mol. The van der Waals surface area contributed by atoms with Crippen molar-refractivity contribution in [2.24, 2.45) is 0 Å². The number of anilines is 2. The van der Waals surface area contributed by atoms with Gasteiger partial charge < -0.3 is 15.7 Å². The van der Waals surface area contributed by atoms with Crippen molar-refractivity contribution in [2.75, 3.05) is 23.7 Å². The fourth-order valence-electron chi connectivity index (χ4n) is 2.33. The van der Waals surface area contributed by atoms with Gasteiger partial charge >= 0.3 is 0 Å². The van der Waals surface area contributed by atoms with Crippen LogP contribution in [0.2, 0.25) is 10.0 Å². The predicted octanol–water partition coefficient (Wildman–Crippen LogP) is 3.32. The second-order valence-corrected chi connectivity index (χ2v) is 5.98. The summed E-state index contributed by atoms with van der Waals surface area (Å²) in [5, 5.41) is 11.1. The van der Waals surface area contributed by atoms with E-state index in [-0.39, 0.29) is 0 Å². The van der Waals surface area contributed by atoms with Crippen LogP contribution in [0.5, 0.6) is 0 Å². The van der Waals surface area contributed by atoms with Crippen LogP contribution in [0, 0.1) is 0 Å². The van der Waals surface area contributed by atoms with Crippen LogP contribution in [0.4, 0.5) is 11.4 Å². The van der Waals surface area contributed by atoms with Gasteiger partial charge in [0.1, 0.15) is 0 Å². The lowest BCUT2D eigenvalue weighted by Crippen LogP contribution is -2.28. The number of benzene rings is 1. The van der Waals surface area contributed by atoms with Gasteiger partial charge in [0.25, 0.3) is 0 Å². The minimum absolute atomic E-state index is 0.472. The zero-order chi connectivity index (χ0) is 13.3. The largest absolute Gasteiger partial charge is 0.397 e. The summed E-state index contributed by atoms with van der Waals surface area (Å²) in [6.07, 6.45) is 2.48. The Labute approximate surface area is 117 Å². The van der Waals surface area contributed by atoms with Gasteiger partial charge in [0, 0.05) is 13.1 Å². The molecule has 0 spiro atoms. The van der Waals surface area contributed by atoms with E-state index in [1.165, 1.54) is 0 Å². The molecule has 0 aromatic heterocycles. The number of hydrogen-bond donors (Lipinski definition) is 2. The van der Waals surface area contributed by atoms with E-state index in [1.54, 1.807) is 12.1 Å². The van der Waals surface area contributed by atoms with E-state index in [0.29, 0.717) is 15.7 Å². The molecule has 2 rings (SSSR count). The first-order valence-corrected chi connectivity index (χ1v) is 6.86. The molecule has 1 saturated heterocycles. The van der Waals surface area contributed by atoms with Crippen molar-refractivity contribution < 1.29 is 5.11 Å². The lowest BCUT2D eigenvalue weighted by atomic mass is 9.98. The number of aliphatic hydroxyl groups is 1. The maximum atomic E-state index is 10.1. The smallest absolute Gasteiger partial charge is 0.0637 e. The van der Waals surface area contributed by atoms with Gasteiger partial charge in [-0.2, -0.15) is 0 Å². The molecule has 3 nitrogen and oxygen atoms in total. The van der Waals surface area contributed by atoms with Gasteiger partial charge in [0.2, 0.25) is 0 Å². The van der Waals surface area contributed by atoms with E-state index in [0.717, 1.165) is 38.0 Å². The van der Waals surface area contributed by atoms with Crippen LogP contribution < -0.4 is 10.6 Å². The third-order valence-electron chi connectivity index (χ3n) is 3.47. The van der Waals surface area contributed by atoms with Crippen molar-refractivity contribution >= 4 is 34.6 Å². The van der Waals surface area contributed by atoms with Gasteiger partial charge in [-0.15, -0.1) is 0 Å². The van der Waals surface area contributed by atoms with Crippen molar-refractivity contribution in [3.63, 3.8) is 0 Å². The fraction of sp³-hybridized carbons (Fsp3) is 0.538. The summed E-state index contributed by atoms with van der Waals surface area (Å²) in [6, 6.07) is 3.49. The summed E-state index contributed by atoms with van der Waals surface area (Å²) in [5.41, 5.74) is 6.94. The number of halogens is 2. The van der Waals surface area contributed by atoms with Crippen LogP contribution in [-0.2, 0) is 0 Å². The average Bonchev–Trinajstić information content (AvgIpc) is 2.45. The number of rotatable bonds is 1. The molecule has 100 valence electrons. The minimum Gasteiger partial charge on any atom is -0.397 e. The van der Waals surface area contributed by atoms with Crippen LogP contribution in [0.3, 0.4) is 0 Å². The van der Waals surface area contributed by atoms with E-state index in [4.69, 9.17) is 28.9 Å².